The number of benzene rings is 1. The second-order valence-corrected chi connectivity index (χ2v) is 7.18. The molecule has 3 saturated heterocycles. The minimum atomic E-state index is -0.809. The van der Waals surface area contributed by atoms with Gasteiger partial charge in [-0.25, -0.2) is 0 Å². The lowest BCUT2D eigenvalue weighted by Gasteiger charge is -2.45. The average Bonchev–Trinajstić information content (AvgIpc) is 2.89. The third kappa shape index (κ3) is 2.26. The number of carbonyl (C=O) groups is 1. The Labute approximate surface area is 142 Å². The molecule has 2 bridgehead atoms. The highest BCUT2D eigenvalue weighted by molar-refractivity contribution is 5.91. The predicted octanol–water partition coefficient (Wildman–Crippen LogP) is 2.33. The number of likely N-dealkylation sites (N-methyl/N-ethyl adjacent to an activating group) is 1. The lowest BCUT2D eigenvalue weighted by Crippen LogP contribution is -2.47. The third-order valence-corrected chi connectivity index (χ3v) is 6.02. The van der Waals surface area contributed by atoms with Crippen LogP contribution >= 0.6 is 0 Å². The number of hydrogen-bond acceptors (Lipinski definition) is 3. The van der Waals surface area contributed by atoms with Crippen LogP contribution in [0.3, 0.4) is 0 Å². The van der Waals surface area contributed by atoms with Crippen LogP contribution in [0, 0.1) is 5.92 Å². The van der Waals surface area contributed by atoms with Crippen molar-refractivity contribution in [2.24, 2.45) is 13.0 Å². The molecule has 5 rings (SSSR count). The number of piperidine rings is 3. The SMILES string of the molecule is CNC(C(=O)O)c1c(C2CN3CCC2CC3)n(C)c2ccccc12. The van der Waals surface area contributed by atoms with Gasteiger partial charge < -0.3 is 19.9 Å². The number of carboxylic acids is 1. The maximum atomic E-state index is 11.9. The summed E-state index contributed by atoms with van der Waals surface area (Å²) in [6.45, 7) is 3.43. The molecule has 3 aliphatic heterocycles. The fraction of sp³-hybridized carbons (Fsp3) is 0.526. The van der Waals surface area contributed by atoms with Crippen LogP contribution in [-0.2, 0) is 11.8 Å². The van der Waals surface area contributed by atoms with E-state index in [1.807, 2.05) is 12.1 Å². The molecule has 2 atom stereocenters. The van der Waals surface area contributed by atoms with E-state index in [2.05, 4.69) is 34.0 Å². The Morgan fingerprint density at radius 3 is 2.58 bits per heavy atom. The van der Waals surface area contributed by atoms with Crippen molar-refractivity contribution >= 4 is 16.9 Å². The number of aliphatic carboxylic acids is 1. The number of carboxylic acid groups (broad SMARTS) is 1. The van der Waals surface area contributed by atoms with Crippen molar-refractivity contribution in [3.63, 3.8) is 0 Å². The number of aromatic nitrogens is 1. The molecule has 2 N–H and O–H groups in total. The molecule has 4 heterocycles. The molecular weight excluding hydrogens is 302 g/mol. The van der Waals surface area contributed by atoms with Crippen molar-refractivity contribution in [1.82, 2.24) is 14.8 Å². The highest BCUT2D eigenvalue weighted by Gasteiger charge is 2.39. The molecule has 0 amide bonds. The minimum absolute atomic E-state index is 0.426. The minimum Gasteiger partial charge on any atom is -0.480 e. The summed E-state index contributed by atoms with van der Waals surface area (Å²) in [4.78, 5) is 14.4. The van der Waals surface area contributed by atoms with E-state index in [-0.39, 0.29) is 0 Å². The first-order valence-corrected chi connectivity index (χ1v) is 8.81. The second-order valence-electron chi connectivity index (χ2n) is 7.18. The molecule has 128 valence electrons. The number of fused-ring (bicyclic) bond motifs is 4. The van der Waals surface area contributed by atoms with Crippen molar-refractivity contribution < 1.29 is 9.90 Å². The Kier molecular flexibility index (Phi) is 3.85. The number of nitrogens with one attached hydrogen (secondary N) is 1. The summed E-state index contributed by atoms with van der Waals surface area (Å²) in [6.07, 6.45) is 2.45. The lowest BCUT2D eigenvalue weighted by molar-refractivity contribution is -0.139. The van der Waals surface area contributed by atoms with Gasteiger partial charge in [0.1, 0.15) is 6.04 Å². The number of hydrogen-bond donors (Lipinski definition) is 2. The predicted molar refractivity (Wildman–Crippen MR) is 94.3 cm³/mol. The van der Waals surface area contributed by atoms with Gasteiger partial charge in [-0.2, -0.15) is 0 Å². The summed E-state index contributed by atoms with van der Waals surface area (Å²) >= 11 is 0. The van der Waals surface area contributed by atoms with Crippen molar-refractivity contribution in [2.75, 3.05) is 26.7 Å². The topological polar surface area (TPSA) is 57.5 Å². The molecule has 0 radical (unpaired) electrons. The molecule has 2 aromatic rings. The highest BCUT2D eigenvalue weighted by atomic mass is 16.4. The Hall–Kier alpha value is -1.85. The van der Waals surface area contributed by atoms with Gasteiger partial charge in [0.25, 0.3) is 0 Å². The van der Waals surface area contributed by atoms with E-state index in [1.165, 1.54) is 31.6 Å². The van der Waals surface area contributed by atoms with E-state index < -0.39 is 12.0 Å². The maximum Gasteiger partial charge on any atom is 0.325 e. The second kappa shape index (κ2) is 5.90. The zero-order valence-corrected chi connectivity index (χ0v) is 14.3. The first-order valence-electron chi connectivity index (χ1n) is 8.81. The van der Waals surface area contributed by atoms with Gasteiger partial charge in [0, 0.05) is 41.7 Å². The largest absolute Gasteiger partial charge is 0.480 e. The van der Waals surface area contributed by atoms with Crippen LogP contribution in [0.2, 0.25) is 0 Å². The maximum absolute atomic E-state index is 11.9. The third-order valence-electron chi connectivity index (χ3n) is 6.02. The Balaban J connectivity index is 1.93. The highest BCUT2D eigenvalue weighted by Crippen LogP contribution is 2.44. The van der Waals surface area contributed by atoms with Gasteiger partial charge in [-0.1, -0.05) is 18.2 Å². The Bertz CT molecular complexity index is 774. The van der Waals surface area contributed by atoms with Gasteiger partial charge in [0.2, 0.25) is 0 Å². The molecule has 2 unspecified atom stereocenters. The van der Waals surface area contributed by atoms with Gasteiger partial charge >= 0.3 is 5.97 Å². The van der Waals surface area contributed by atoms with Crippen molar-refractivity contribution in [1.29, 1.82) is 0 Å². The van der Waals surface area contributed by atoms with E-state index in [4.69, 9.17) is 0 Å². The van der Waals surface area contributed by atoms with E-state index in [9.17, 15) is 9.90 Å². The summed E-state index contributed by atoms with van der Waals surface area (Å²) in [5.74, 6) is 0.287. The molecule has 1 aromatic heterocycles. The lowest BCUT2D eigenvalue weighted by atomic mass is 9.76. The summed E-state index contributed by atoms with van der Waals surface area (Å²) in [6, 6.07) is 7.52. The Morgan fingerprint density at radius 2 is 2.00 bits per heavy atom. The summed E-state index contributed by atoms with van der Waals surface area (Å²) in [7, 11) is 3.83. The summed E-state index contributed by atoms with van der Waals surface area (Å²) in [5.41, 5.74) is 3.30. The number of nitrogens with zero attached hydrogens (tertiary/aromatic N) is 2. The monoisotopic (exact) mass is 327 g/mol. The molecule has 24 heavy (non-hydrogen) atoms. The van der Waals surface area contributed by atoms with Crippen LogP contribution < -0.4 is 5.32 Å². The van der Waals surface area contributed by atoms with Crippen LogP contribution in [-0.4, -0.2) is 47.2 Å². The molecule has 0 saturated carbocycles. The van der Waals surface area contributed by atoms with Crippen molar-refractivity contribution in [3.05, 3.63) is 35.5 Å². The van der Waals surface area contributed by atoms with E-state index in [0.717, 1.165) is 23.0 Å². The van der Waals surface area contributed by atoms with Crippen molar-refractivity contribution in [2.45, 2.75) is 24.8 Å². The molecule has 3 fully saturated rings. The zero-order valence-electron chi connectivity index (χ0n) is 14.3. The smallest absolute Gasteiger partial charge is 0.325 e. The molecular formula is C19H25N3O2. The van der Waals surface area contributed by atoms with Crippen LogP contribution in [0.5, 0.6) is 0 Å². The molecule has 1 aromatic carbocycles. The average molecular weight is 327 g/mol. The van der Waals surface area contributed by atoms with Gasteiger partial charge in [0.05, 0.1) is 0 Å². The molecule has 0 spiro atoms. The first kappa shape index (κ1) is 15.7. The zero-order chi connectivity index (χ0) is 16.8. The molecule has 5 heteroatoms. The summed E-state index contributed by atoms with van der Waals surface area (Å²) < 4.78 is 2.24. The van der Waals surface area contributed by atoms with E-state index in [0.29, 0.717) is 11.8 Å². The van der Waals surface area contributed by atoms with Crippen LogP contribution in [0.15, 0.2) is 24.3 Å². The fourth-order valence-electron chi connectivity index (χ4n) is 4.86. The molecule has 5 nitrogen and oxygen atoms in total. The Morgan fingerprint density at radius 1 is 1.29 bits per heavy atom. The van der Waals surface area contributed by atoms with Gasteiger partial charge in [-0.3, -0.25) is 4.79 Å². The molecule has 3 aliphatic rings. The number of rotatable bonds is 4. The van der Waals surface area contributed by atoms with Gasteiger partial charge in [-0.05, 0) is 45.0 Å². The normalized spacial score (nSPS) is 27.5. The molecule has 0 aliphatic carbocycles. The van der Waals surface area contributed by atoms with Crippen molar-refractivity contribution in [3.8, 4) is 0 Å². The standard InChI is InChI=1S/C19H25N3O2/c1-20-17(19(23)24)16-13-5-3-4-6-15(13)21(2)18(16)14-11-22-9-7-12(14)8-10-22/h3-6,12,14,17,20H,7-11H2,1-2H3,(H,23,24). The first-order chi connectivity index (χ1) is 11.6. The number of para-hydroxylation sites is 1. The van der Waals surface area contributed by atoms with Gasteiger partial charge in [0.15, 0.2) is 0 Å². The summed E-state index contributed by atoms with van der Waals surface area (Å²) in [5, 5.41) is 13.9. The number of aryl methyl sites for hydroxylation is 1. The quantitative estimate of drug-likeness (QED) is 0.905. The van der Waals surface area contributed by atoms with Crippen LogP contribution in [0.1, 0.15) is 36.1 Å². The van der Waals surface area contributed by atoms with Gasteiger partial charge in [-0.15, -0.1) is 0 Å². The van der Waals surface area contributed by atoms with E-state index >= 15 is 0 Å². The fourth-order valence-corrected chi connectivity index (χ4v) is 4.86. The van der Waals surface area contributed by atoms with Crippen LogP contribution in [0.25, 0.3) is 10.9 Å². The van der Waals surface area contributed by atoms with Crippen LogP contribution in [0.4, 0.5) is 0 Å². The van der Waals surface area contributed by atoms with E-state index in [1.54, 1.807) is 7.05 Å².